The number of aromatic carboxylic acids is 1. The third kappa shape index (κ3) is 4.86. The zero-order valence-corrected chi connectivity index (χ0v) is 12.4. The van der Waals surface area contributed by atoms with Gasteiger partial charge in [-0.15, -0.1) is 0 Å². The number of rotatable bonds is 8. The highest BCUT2D eigenvalue weighted by Crippen LogP contribution is 2.18. The summed E-state index contributed by atoms with van der Waals surface area (Å²) in [5, 5.41) is 11.9. The Hall–Kier alpha value is -2.79. The van der Waals surface area contributed by atoms with Crippen molar-refractivity contribution in [1.29, 1.82) is 0 Å². The average Bonchev–Trinajstić information content (AvgIpc) is 2.44. The van der Waals surface area contributed by atoms with Crippen molar-refractivity contribution < 1.29 is 19.5 Å². The first kappa shape index (κ1) is 18.3. The largest absolute Gasteiger partial charge is 0.476 e. The fourth-order valence-electron chi connectivity index (χ4n) is 1.74. The summed E-state index contributed by atoms with van der Waals surface area (Å²) >= 11 is 0. The summed E-state index contributed by atoms with van der Waals surface area (Å²) in [7, 11) is 0. The Morgan fingerprint density at radius 1 is 1.26 bits per heavy atom. The normalized spacial score (nSPS) is 13.3. The highest BCUT2D eigenvalue weighted by atomic mass is 16.4. The minimum Gasteiger partial charge on any atom is -0.476 e. The molecule has 1 heterocycles. The molecule has 10 N–H and O–H groups in total. The second kappa shape index (κ2) is 7.47. The SMILES string of the molecule is Cc1c(N)nc(C(CC(N)=O)NC[C@H](N)C(N)=O)nc1C(=O)O. The van der Waals surface area contributed by atoms with Gasteiger partial charge in [-0.3, -0.25) is 9.59 Å². The number of carboxylic acid groups (broad SMARTS) is 1. The van der Waals surface area contributed by atoms with E-state index in [0.29, 0.717) is 0 Å². The monoisotopic (exact) mass is 325 g/mol. The number of hydrogen-bond donors (Lipinski definition) is 6. The first-order chi connectivity index (χ1) is 10.6. The molecule has 126 valence electrons. The molecule has 0 aliphatic carbocycles. The number of nitrogens with zero attached hydrogens (tertiary/aromatic N) is 2. The topological polar surface area (TPSA) is 213 Å². The van der Waals surface area contributed by atoms with Crippen LogP contribution >= 0.6 is 0 Å². The number of nitrogens with one attached hydrogen (secondary N) is 1. The fourth-order valence-corrected chi connectivity index (χ4v) is 1.74. The average molecular weight is 325 g/mol. The lowest BCUT2D eigenvalue weighted by atomic mass is 10.1. The second-order valence-electron chi connectivity index (χ2n) is 4.89. The van der Waals surface area contributed by atoms with Crippen molar-refractivity contribution in [3.05, 3.63) is 17.1 Å². The van der Waals surface area contributed by atoms with Crippen LogP contribution in [0.1, 0.15) is 34.3 Å². The van der Waals surface area contributed by atoms with Crippen LogP contribution in [-0.4, -0.2) is 45.4 Å². The molecule has 1 unspecified atom stereocenters. The Kier molecular flexibility index (Phi) is 5.93. The molecule has 2 atom stereocenters. The van der Waals surface area contributed by atoms with Gasteiger partial charge in [-0.2, -0.15) is 0 Å². The molecule has 0 aliphatic heterocycles. The zero-order valence-electron chi connectivity index (χ0n) is 12.4. The lowest BCUT2D eigenvalue weighted by Gasteiger charge is -2.19. The van der Waals surface area contributed by atoms with Gasteiger partial charge in [-0.1, -0.05) is 0 Å². The number of amides is 2. The quantitative estimate of drug-likeness (QED) is 0.294. The van der Waals surface area contributed by atoms with Crippen molar-refractivity contribution in [3.63, 3.8) is 0 Å². The van der Waals surface area contributed by atoms with E-state index in [1.54, 1.807) is 0 Å². The van der Waals surface area contributed by atoms with E-state index in [1.165, 1.54) is 6.92 Å². The van der Waals surface area contributed by atoms with Crippen molar-refractivity contribution >= 4 is 23.6 Å². The highest BCUT2D eigenvalue weighted by molar-refractivity contribution is 5.88. The van der Waals surface area contributed by atoms with Crippen LogP contribution in [0.2, 0.25) is 0 Å². The maximum atomic E-state index is 11.2. The van der Waals surface area contributed by atoms with Gasteiger partial charge in [0.15, 0.2) is 5.69 Å². The summed E-state index contributed by atoms with van der Waals surface area (Å²) in [6.07, 6.45) is -0.243. The third-order valence-electron chi connectivity index (χ3n) is 3.07. The maximum Gasteiger partial charge on any atom is 0.354 e. The van der Waals surface area contributed by atoms with Crippen LogP contribution < -0.4 is 28.3 Å². The van der Waals surface area contributed by atoms with Crippen LogP contribution in [0.5, 0.6) is 0 Å². The molecular weight excluding hydrogens is 306 g/mol. The Balaban J connectivity index is 3.14. The molecule has 2 amide bonds. The van der Waals surface area contributed by atoms with E-state index in [2.05, 4.69) is 15.3 Å². The number of carbonyl (C=O) groups excluding carboxylic acids is 2. The fraction of sp³-hybridized carbons (Fsp3) is 0.417. The summed E-state index contributed by atoms with van der Waals surface area (Å²) < 4.78 is 0. The standard InChI is InChI=1S/C12H19N7O4/c1-4-8(12(22)23)18-11(19-9(4)15)6(2-7(14)20)17-3-5(13)10(16)21/h5-6,17H,2-3,13H2,1H3,(H2,14,20)(H2,16,21)(H,22,23)(H2,15,18,19)/t5-,6?/m0/s1. The van der Waals surface area contributed by atoms with Crippen molar-refractivity contribution in [1.82, 2.24) is 15.3 Å². The lowest BCUT2D eigenvalue weighted by molar-refractivity contribution is -0.119. The highest BCUT2D eigenvalue weighted by Gasteiger charge is 2.23. The number of primary amides is 2. The summed E-state index contributed by atoms with van der Waals surface area (Å²) in [5.41, 5.74) is 21.3. The first-order valence-corrected chi connectivity index (χ1v) is 6.57. The van der Waals surface area contributed by atoms with Crippen LogP contribution in [-0.2, 0) is 9.59 Å². The predicted octanol–water partition coefficient (Wildman–Crippen LogP) is -2.62. The van der Waals surface area contributed by atoms with Gasteiger partial charge in [0.25, 0.3) is 0 Å². The number of carbonyl (C=O) groups is 3. The van der Waals surface area contributed by atoms with Crippen molar-refractivity contribution in [2.75, 3.05) is 12.3 Å². The number of aromatic nitrogens is 2. The molecule has 0 fully saturated rings. The molecule has 0 saturated carbocycles. The van der Waals surface area contributed by atoms with Gasteiger partial charge >= 0.3 is 5.97 Å². The molecular formula is C12H19N7O4. The summed E-state index contributed by atoms with van der Waals surface area (Å²) in [5.74, 6) is -2.80. The smallest absolute Gasteiger partial charge is 0.354 e. The molecule has 0 aromatic carbocycles. The van der Waals surface area contributed by atoms with Crippen LogP contribution in [0.25, 0.3) is 0 Å². The van der Waals surface area contributed by atoms with Gasteiger partial charge in [0.2, 0.25) is 11.8 Å². The Morgan fingerprint density at radius 2 is 1.87 bits per heavy atom. The molecule has 1 aromatic heterocycles. The third-order valence-corrected chi connectivity index (χ3v) is 3.07. The van der Waals surface area contributed by atoms with Gasteiger partial charge < -0.3 is 33.4 Å². The van der Waals surface area contributed by atoms with Crippen molar-refractivity contribution in [3.8, 4) is 0 Å². The molecule has 1 aromatic rings. The molecule has 0 bridgehead atoms. The van der Waals surface area contributed by atoms with E-state index in [9.17, 15) is 14.4 Å². The van der Waals surface area contributed by atoms with E-state index in [-0.39, 0.29) is 35.9 Å². The maximum absolute atomic E-state index is 11.2. The summed E-state index contributed by atoms with van der Waals surface area (Å²) in [4.78, 5) is 41.2. The summed E-state index contributed by atoms with van der Waals surface area (Å²) in [6, 6.07) is -1.87. The van der Waals surface area contributed by atoms with Crippen molar-refractivity contribution in [2.24, 2.45) is 17.2 Å². The number of carboxylic acids is 1. The van der Waals surface area contributed by atoms with Crippen LogP contribution in [0.4, 0.5) is 5.82 Å². The molecule has 1 rings (SSSR count). The molecule has 11 nitrogen and oxygen atoms in total. The second-order valence-corrected chi connectivity index (χ2v) is 4.89. The van der Waals surface area contributed by atoms with Gasteiger partial charge in [0.05, 0.1) is 12.1 Å². The van der Waals surface area contributed by atoms with Crippen LogP contribution in [0.3, 0.4) is 0 Å². The van der Waals surface area contributed by atoms with Crippen molar-refractivity contribution in [2.45, 2.75) is 25.4 Å². The Labute approximate surface area is 131 Å². The number of hydrogen-bond acceptors (Lipinski definition) is 8. The lowest BCUT2D eigenvalue weighted by Crippen LogP contribution is -2.45. The Morgan fingerprint density at radius 3 is 2.35 bits per heavy atom. The van der Waals surface area contributed by atoms with Crippen LogP contribution in [0.15, 0.2) is 0 Å². The Bertz CT molecular complexity index is 634. The van der Waals surface area contributed by atoms with Gasteiger partial charge in [-0.05, 0) is 6.92 Å². The van der Waals surface area contributed by atoms with E-state index in [0.717, 1.165) is 0 Å². The number of nitrogens with two attached hydrogens (primary N) is 4. The minimum absolute atomic E-state index is 0.0390. The van der Waals surface area contributed by atoms with E-state index < -0.39 is 29.9 Å². The van der Waals surface area contributed by atoms with E-state index >= 15 is 0 Å². The van der Waals surface area contributed by atoms with Gasteiger partial charge in [-0.25, -0.2) is 14.8 Å². The predicted molar refractivity (Wildman–Crippen MR) is 79.9 cm³/mol. The zero-order chi connectivity index (χ0) is 17.7. The first-order valence-electron chi connectivity index (χ1n) is 6.57. The number of anilines is 1. The van der Waals surface area contributed by atoms with E-state index in [1.807, 2.05) is 0 Å². The summed E-state index contributed by atoms with van der Waals surface area (Å²) in [6.45, 7) is 1.38. The number of nitrogen functional groups attached to an aromatic ring is 1. The van der Waals surface area contributed by atoms with E-state index in [4.69, 9.17) is 28.0 Å². The molecule has 0 radical (unpaired) electrons. The molecule has 23 heavy (non-hydrogen) atoms. The van der Waals surface area contributed by atoms with Gasteiger partial charge in [0.1, 0.15) is 11.6 Å². The van der Waals surface area contributed by atoms with Crippen LogP contribution in [0, 0.1) is 6.92 Å². The minimum atomic E-state index is -1.29. The van der Waals surface area contributed by atoms with Gasteiger partial charge in [0, 0.05) is 18.5 Å². The molecule has 0 aliphatic rings. The molecule has 0 saturated heterocycles. The molecule has 0 spiro atoms. The molecule has 11 heteroatoms.